The molecule has 1 aromatic carbocycles. The summed E-state index contributed by atoms with van der Waals surface area (Å²) in [7, 11) is -2.82. The smallest absolute Gasteiger partial charge is 0.409 e. The van der Waals surface area contributed by atoms with Crippen LogP contribution in [0.5, 0.6) is 0 Å². The summed E-state index contributed by atoms with van der Waals surface area (Å²) in [4.78, 5) is 27.5. The van der Waals surface area contributed by atoms with Crippen LogP contribution in [0, 0.1) is 17.5 Å². The maximum absolute atomic E-state index is 15.5. The Bertz CT molecular complexity index is 1030. The molecule has 0 atom stereocenters. The standard InChI is InChI=1S/C20H26F3N3O6S/c1-3-32-20(28)26-8-6-25(7-9-26)19(27)13-14(21)16(23)18-17(15(13)22)24(5-4-11-31-2)10-12-33(18,29)30/h3-12H2,1-2H3. The molecule has 0 bridgehead atoms. The first-order chi connectivity index (χ1) is 15.6. The normalized spacial score (nSPS) is 17.7. The van der Waals surface area contributed by atoms with E-state index < -0.39 is 61.2 Å². The molecule has 0 aliphatic carbocycles. The van der Waals surface area contributed by atoms with E-state index in [1.807, 2.05) is 0 Å². The first-order valence-corrected chi connectivity index (χ1v) is 12.2. The Morgan fingerprint density at radius 3 is 2.21 bits per heavy atom. The average molecular weight is 494 g/mol. The minimum Gasteiger partial charge on any atom is -0.450 e. The van der Waals surface area contributed by atoms with Gasteiger partial charge in [-0.05, 0) is 13.3 Å². The van der Waals surface area contributed by atoms with Gasteiger partial charge < -0.3 is 24.2 Å². The maximum atomic E-state index is 15.5. The van der Waals surface area contributed by atoms with Crippen LogP contribution in [-0.4, -0.2) is 95.6 Å². The highest BCUT2D eigenvalue weighted by molar-refractivity contribution is 7.91. The first-order valence-electron chi connectivity index (χ1n) is 10.5. The first kappa shape index (κ1) is 25.1. The lowest BCUT2D eigenvalue weighted by atomic mass is 10.1. The summed E-state index contributed by atoms with van der Waals surface area (Å²) in [6.45, 7) is 2.14. The van der Waals surface area contributed by atoms with Gasteiger partial charge in [-0.15, -0.1) is 0 Å². The molecule has 2 heterocycles. The van der Waals surface area contributed by atoms with Gasteiger partial charge in [0.25, 0.3) is 5.91 Å². The Kier molecular flexibility index (Phi) is 7.73. The number of hydrogen-bond acceptors (Lipinski definition) is 7. The zero-order chi connectivity index (χ0) is 24.3. The van der Waals surface area contributed by atoms with Crippen molar-refractivity contribution in [1.82, 2.24) is 9.80 Å². The van der Waals surface area contributed by atoms with Gasteiger partial charge in [-0.2, -0.15) is 0 Å². The summed E-state index contributed by atoms with van der Waals surface area (Å²) in [5.74, 6) is -6.65. The van der Waals surface area contributed by atoms with Crippen molar-refractivity contribution in [2.24, 2.45) is 0 Å². The SMILES string of the molecule is CCOC(=O)N1CCN(C(=O)c2c(F)c(F)c3c(c2F)N(CCCOC)CCS3(=O)=O)CC1. The average Bonchev–Trinajstić information content (AvgIpc) is 2.78. The number of amides is 2. The van der Waals surface area contributed by atoms with Crippen LogP contribution in [-0.2, 0) is 19.3 Å². The molecule has 33 heavy (non-hydrogen) atoms. The fourth-order valence-electron chi connectivity index (χ4n) is 3.91. The van der Waals surface area contributed by atoms with Gasteiger partial charge in [0.05, 0.1) is 18.0 Å². The van der Waals surface area contributed by atoms with Gasteiger partial charge in [-0.3, -0.25) is 4.79 Å². The lowest BCUT2D eigenvalue weighted by Gasteiger charge is -2.35. The second kappa shape index (κ2) is 10.2. The van der Waals surface area contributed by atoms with Gasteiger partial charge in [-0.25, -0.2) is 26.4 Å². The quantitative estimate of drug-likeness (QED) is 0.439. The number of anilines is 1. The Morgan fingerprint density at radius 1 is 0.970 bits per heavy atom. The molecule has 1 fully saturated rings. The largest absolute Gasteiger partial charge is 0.450 e. The summed E-state index contributed by atoms with van der Waals surface area (Å²) in [5, 5.41) is 0. The molecule has 0 N–H and O–H groups in total. The Balaban J connectivity index is 1.95. The Morgan fingerprint density at radius 2 is 1.61 bits per heavy atom. The van der Waals surface area contributed by atoms with E-state index in [0.29, 0.717) is 13.0 Å². The fraction of sp³-hybridized carbons (Fsp3) is 0.600. The van der Waals surface area contributed by atoms with Crippen LogP contribution in [0.2, 0.25) is 0 Å². The third-order valence-corrected chi connectivity index (χ3v) is 7.31. The van der Waals surface area contributed by atoms with Crippen LogP contribution in [0.3, 0.4) is 0 Å². The third-order valence-electron chi connectivity index (χ3n) is 5.59. The summed E-state index contributed by atoms with van der Waals surface area (Å²) in [6.07, 6.45) is -0.188. The molecule has 2 amide bonds. The van der Waals surface area contributed by atoms with E-state index in [1.54, 1.807) is 6.92 Å². The van der Waals surface area contributed by atoms with Gasteiger partial charge in [0.1, 0.15) is 10.5 Å². The molecule has 13 heteroatoms. The molecule has 184 valence electrons. The number of hydrogen-bond donors (Lipinski definition) is 0. The molecule has 3 rings (SSSR count). The molecular formula is C20H26F3N3O6S. The minimum atomic E-state index is -4.28. The van der Waals surface area contributed by atoms with Crippen molar-refractivity contribution >= 4 is 27.5 Å². The number of benzene rings is 1. The molecular weight excluding hydrogens is 467 g/mol. The number of carbonyl (C=O) groups excluding carboxylic acids is 2. The second-order valence-electron chi connectivity index (χ2n) is 7.63. The third kappa shape index (κ3) is 4.88. The van der Waals surface area contributed by atoms with Crippen molar-refractivity contribution in [2.75, 3.05) is 70.2 Å². The van der Waals surface area contributed by atoms with E-state index >= 15 is 4.39 Å². The molecule has 2 aliphatic heterocycles. The Labute approximate surface area is 189 Å². The van der Waals surface area contributed by atoms with Gasteiger partial charge in [0.2, 0.25) is 0 Å². The number of carbonyl (C=O) groups is 2. The van der Waals surface area contributed by atoms with Crippen molar-refractivity contribution in [3.05, 3.63) is 23.0 Å². The lowest BCUT2D eigenvalue weighted by Crippen LogP contribution is -2.51. The van der Waals surface area contributed by atoms with Crippen molar-refractivity contribution < 1.29 is 40.7 Å². The second-order valence-corrected chi connectivity index (χ2v) is 9.67. The van der Waals surface area contributed by atoms with Crippen molar-refractivity contribution in [3.8, 4) is 0 Å². The van der Waals surface area contributed by atoms with Crippen molar-refractivity contribution in [2.45, 2.75) is 18.2 Å². The highest BCUT2D eigenvalue weighted by Gasteiger charge is 2.41. The molecule has 2 aliphatic rings. The molecule has 0 unspecified atom stereocenters. The molecule has 1 saturated heterocycles. The van der Waals surface area contributed by atoms with Crippen LogP contribution >= 0.6 is 0 Å². The van der Waals surface area contributed by atoms with Gasteiger partial charge in [-0.1, -0.05) is 0 Å². The van der Waals surface area contributed by atoms with Crippen LogP contribution in [0.15, 0.2) is 4.90 Å². The zero-order valence-corrected chi connectivity index (χ0v) is 19.2. The van der Waals surface area contributed by atoms with Crippen LogP contribution in [0.25, 0.3) is 0 Å². The zero-order valence-electron chi connectivity index (χ0n) is 18.4. The Hall–Kier alpha value is -2.54. The van der Waals surface area contributed by atoms with E-state index in [-0.39, 0.29) is 45.9 Å². The lowest BCUT2D eigenvalue weighted by molar-refractivity contribution is 0.0561. The van der Waals surface area contributed by atoms with E-state index in [2.05, 4.69) is 0 Å². The molecule has 0 aromatic heterocycles. The van der Waals surface area contributed by atoms with E-state index in [1.165, 1.54) is 16.9 Å². The van der Waals surface area contributed by atoms with Crippen LogP contribution in [0.4, 0.5) is 23.7 Å². The number of fused-ring (bicyclic) bond motifs is 1. The molecule has 9 nitrogen and oxygen atoms in total. The molecule has 0 spiro atoms. The van der Waals surface area contributed by atoms with E-state index in [4.69, 9.17) is 9.47 Å². The monoisotopic (exact) mass is 493 g/mol. The van der Waals surface area contributed by atoms with Gasteiger partial charge in [0, 0.05) is 53.0 Å². The van der Waals surface area contributed by atoms with Gasteiger partial charge in [0.15, 0.2) is 27.3 Å². The van der Waals surface area contributed by atoms with Crippen LogP contribution < -0.4 is 4.90 Å². The number of piperazine rings is 1. The highest BCUT2D eigenvalue weighted by Crippen LogP contribution is 2.39. The predicted molar refractivity (Wildman–Crippen MR) is 112 cm³/mol. The number of methoxy groups -OCH3 is 1. The maximum Gasteiger partial charge on any atom is 0.409 e. The van der Waals surface area contributed by atoms with E-state index in [9.17, 15) is 26.8 Å². The van der Waals surface area contributed by atoms with Crippen molar-refractivity contribution in [1.29, 1.82) is 0 Å². The number of nitrogens with zero attached hydrogens (tertiary/aromatic N) is 3. The molecule has 0 radical (unpaired) electrons. The number of sulfone groups is 1. The number of rotatable bonds is 6. The summed E-state index contributed by atoms with van der Waals surface area (Å²) in [5.41, 5.74) is -1.78. The van der Waals surface area contributed by atoms with Crippen LogP contribution in [0.1, 0.15) is 23.7 Å². The summed E-state index contributed by atoms with van der Waals surface area (Å²) < 4.78 is 80.1. The summed E-state index contributed by atoms with van der Waals surface area (Å²) in [6, 6.07) is 0. The summed E-state index contributed by atoms with van der Waals surface area (Å²) >= 11 is 0. The van der Waals surface area contributed by atoms with E-state index in [0.717, 1.165) is 4.90 Å². The fourth-order valence-corrected chi connectivity index (χ4v) is 5.46. The van der Waals surface area contributed by atoms with Crippen molar-refractivity contribution in [3.63, 3.8) is 0 Å². The predicted octanol–water partition coefficient (Wildman–Crippen LogP) is 1.65. The minimum absolute atomic E-state index is 0.0505. The number of ether oxygens (including phenoxy) is 2. The highest BCUT2D eigenvalue weighted by atomic mass is 32.2. The molecule has 0 saturated carbocycles. The molecule has 1 aromatic rings. The number of halogens is 3. The topological polar surface area (TPSA) is 96.5 Å². The van der Waals surface area contributed by atoms with Gasteiger partial charge >= 0.3 is 6.09 Å².